The molecule has 0 atom stereocenters. The summed E-state index contributed by atoms with van der Waals surface area (Å²) in [6.45, 7) is 9.41. The van der Waals surface area contributed by atoms with E-state index in [1.165, 1.54) is 107 Å². The van der Waals surface area contributed by atoms with Gasteiger partial charge in [-0.1, -0.05) is 367 Å². The van der Waals surface area contributed by atoms with Crippen LogP contribution in [-0.4, -0.2) is 29.9 Å². The van der Waals surface area contributed by atoms with Gasteiger partial charge in [0.25, 0.3) is 0 Å². The number of hydrogen-bond donors (Lipinski definition) is 0. The van der Waals surface area contributed by atoms with E-state index in [2.05, 4.69) is 307 Å². The Bertz CT molecular complexity index is 8630. The van der Waals surface area contributed by atoms with Gasteiger partial charge in [-0.15, -0.1) is 22.7 Å². The average Bonchev–Trinajstić information content (AvgIpc) is 1.55. The van der Waals surface area contributed by atoms with Crippen LogP contribution in [0.3, 0.4) is 0 Å². The maximum atomic E-state index is 7.18. The first-order chi connectivity index (χ1) is 63.9. The van der Waals surface area contributed by atoms with Crippen LogP contribution >= 0.6 is 22.7 Å². The zero-order chi connectivity index (χ0) is 86.5. The molecule has 6 heterocycles. The van der Waals surface area contributed by atoms with Crippen LogP contribution in [0.5, 0.6) is 0 Å². The fraction of sp³-hybridized carbons (Fsp3) is 0.0500. The molecule has 0 N–H and O–H groups in total. The van der Waals surface area contributed by atoms with E-state index >= 15 is 0 Å². The van der Waals surface area contributed by atoms with Gasteiger partial charge in [0.15, 0.2) is 34.9 Å². The van der Waals surface area contributed by atoms with Crippen LogP contribution in [0.25, 0.3) is 242 Å². The van der Waals surface area contributed by atoms with E-state index < -0.39 is 0 Å². The highest BCUT2D eigenvalue weighted by Crippen LogP contribution is 2.58. The van der Waals surface area contributed by atoms with Gasteiger partial charge in [-0.2, -0.15) is 0 Å². The molecule has 6 aromatic heterocycles. The van der Waals surface area contributed by atoms with E-state index in [1.807, 2.05) is 144 Å². The van der Waals surface area contributed by atoms with Crippen molar-refractivity contribution in [2.24, 2.45) is 0 Å². The van der Waals surface area contributed by atoms with Crippen molar-refractivity contribution in [3.05, 3.63) is 423 Å². The van der Waals surface area contributed by atoms with Gasteiger partial charge in [-0.25, -0.2) is 29.9 Å². The summed E-state index contributed by atoms with van der Waals surface area (Å²) in [4.78, 5) is 30.2. The zero-order valence-corrected chi connectivity index (χ0v) is 73.1. The van der Waals surface area contributed by atoms with E-state index in [1.54, 1.807) is 0 Å². The molecule has 8 nitrogen and oxygen atoms in total. The molecule has 0 aliphatic heterocycles. The van der Waals surface area contributed by atoms with Crippen LogP contribution in [0.2, 0.25) is 0 Å². The number of nitrogens with zero attached hydrogens (tertiary/aromatic N) is 6. The quantitative estimate of drug-likeness (QED) is 0.119. The Morgan fingerprint density at radius 1 is 0.200 bits per heavy atom. The lowest BCUT2D eigenvalue weighted by molar-refractivity contribution is 0.660. The van der Waals surface area contributed by atoms with E-state index in [0.717, 1.165) is 122 Å². The molecule has 0 bridgehead atoms. The topological polar surface area (TPSA) is 104 Å². The van der Waals surface area contributed by atoms with Crippen molar-refractivity contribution in [3.8, 4) is 157 Å². The molecule has 2 aliphatic carbocycles. The van der Waals surface area contributed by atoms with Crippen LogP contribution in [0.15, 0.2) is 409 Å². The maximum absolute atomic E-state index is 7.18. The summed E-state index contributed by atoms with van der Waals surface area (Å²) < 4.78 is 19.4. The van der Waals surface area contributed by atoms with Gasteiger partial charge in [0.2, 0.25) is 0 Å². The van der Waals surface area contributed by atoms with Gasteiger partial charge in [0.05, 0.1) is 0 Å². The van der Waals surface area contributed by atoms with Crippen molar-refractivity contribution in [1.29, 1.82) is 0 Å². The second-order valence-electron chi connectivity index (χ2n) is 35.0. The van der Waals surface area contributed by atoms with Gasteiger partial charge >= 0.3 is 0 Å². The summed E-state index contributed by atoms with van der Waals surface area (Å²) >= 11 is 3.71. The predicted molar refractivity (Wildman–Crippen MR) is 540 cm³/mol. The van der Waals surface area contributed by atoms with E-state index in [-0.39, 0.29) is 10.8 Å². The second-order valence-corrected chi connectivity index (χ2v) is 37.1. The van der Waals surface area contributed by atoms with Crippen molar-refractivity contribution < 1.29 is 8.83 Å². The van der Waals surface area contributed by atoms with Crippen molar-refractivity contribution >= 4 is 107 Å². The molecule has 0 saturated heterocycles. The molecule has 0 radical (unpaired) electrons. The number of benzene rings is 18. The van der Waals surface area contributed by atoms with E-state index in [4.69, 9.17) is 38.7 Å². The number of furan rings is 2. The minimum atomic E-state index is -0.150. The van der Waals surface area contributed by atoms with E-state index in [9.17, 15) is 0 Å². The number of hydrogen-bond acceptors (Lipinski definition) is 10. The van der Waals surface area contributed by atoms with Crippen molar-refractivity contribution in [2.45, 2.75) is 38.5 Å². The Balaban J connectivity index is 0.000000141. The molecule has 10 heteroatoms. The summed E-state index contributed by atoms with van der Waals surface area (Å²) in [5.41, 5.74) is 32.8. The Morgan fingerprint density at radius 2 is 0.500 bits per heavy atom. The summed E-state index contributed by atoms with van der Waals surface area (Å²) in [6, 6.07) is 142. The van der Waals surface area contributed by atoms with Crippen LogP contribution in [0.4, 0.5) is 0 Å². The molecule has 26 rings (SSSR count). The fourth-order valence-corrected chi connectivity index (χ4v) is 23.0. The monoisotopic (exact) mass is 1700 g/mol. The van der Waals surface area contributed by atoms with Gasteiger partial charge in [-0.05, 0) is 155 Å². The van der Waals surface area contributed by atoms with Gasteiger partial charge in [0, 0.05) is 123 Å². The van der Waals surface area contributed by atoms with Crippen molar-refractivity contribution in [3.63, 3.8) is 0 Å². The molecular weight excluding hydrogens is 1620 g/mol. The van der Waals surface area contributed by atoms with Gasteiger partial charge in [0.1, 0.15) is 22.3 Å². The first kappa shape index (κ1) is 76.5. The summed E-state index contributed by atoms with van der Waals surface area (Å²) in [7, 11) is 0. The molecule has 18 aromatic carbocycles. The number of thiophene rings is 2. The Kier molecular flexibility index (Phi) is 17.9. The lowest BCUT2D eigenvalue weighted by Crippen LogP contribution is -2.14. The smallest absolute Gasteiger partial charge is 0.164 e. The summed E-state index contributed by atoms with van der Waals surface area (Å²) in [5.74, 6) is 3.77. The largest absolute Gasteiger partial charge is 0.455 e. The van der Waals surface area contributed by atoms with Crippen LogP contribution in [0, 0.1) is 0 Å². The van der Waals surface area contributed by atoms with E-state index in [0.29, 0.717) is 34.9 Å². The molecule has 0 amide bonds. The minimum Gasteiger partial charge on any atom is -0.455 e. The van der Waals surface area contributed by atoms with Crippen LogP contribution < -0.4 is 0 Å². The Morgan fingerprint density at radius 3 is 0.962 bits per heavy atom. The van der Waals surface area contributed by atoms with Crippen LogP contribution in [0.1, 0.15) is 49.9 Å². The minimum absolute atomic E-state index is 0.132. The standard InChI is InChI=1S/C63H45N3O.C57H33N3OS2/c1-62(2)50-30-13-11-25-46(50)55-44(27-16-32-52(55)62)42-36-48(45-29-17-33-53-56(45)47-26-12-14-31-51(47)63(53,3)4)58-49(37-42)57-43(28-18-34-54(57)67-58)40-23-15-24-41(35-40)61-65-59(38-19-7-5-8-20-38)64-60(66-61)39-21-9-6-10-22-39;1-3-15-34(16-4-1)55-58-56(35-17-5-2-6-18-35)60-57(59-55)37-20-11-19-36(31-37)39-23-14-28-48-51(39)47-33-38(40-24-12-25-43-41-21-7-9-29-49(41)62-53(40)43)32-46(52(47)61-48)45-27-13-26-44-42-22-8-10-30-50(42)63-54(44)45/h5-37H,1-4H3;1-33H. The summed E-state index contributed by atoms with van der Waals surface area (Å²) in [6.07, 6.45) is 0. The Labute approximate surface area is 758 Å². The normalized spacial score (nSPS) is 12.9. The highest BCUT2D eigenvalue weighted by molar-refractivity contribution is 7.26. The molecular formula is C120H78N6O2S2. The van der Waals surface area contributed by atoms with Crippen molar-refractivity contribution in [1.82, 2.24) is 29.9 Å². The molecule has 0 saturated carbocycles. The third kappa shape index (κ3) is 12.5. The van der Waals surface area contributed by atoms with Crippen LogP contribution in [-0.2, 0) is 10.8 Å². The lowest BCUT2D eigenvalue weighted by atomic mass is 9.81. The molecule has 612 valence electrons. The highest BCUT2D eigenvalue weighted by atomic mass is 32.1. The fourth-order valence-electron chi connectivity index (χ4n) is 20.5. The molecule has 0 fully saturated rings. The number of rotatable bonds is 12. The van der Waals surface area contributed by atoms with Gasteiger partial charge in [-0.3, -0.25) is 0 Å². The molecule has 130 heavy (non-hydrogen) atoms. The lowest BCUT2D eigenvalue weighted by Gasteiger charge is -2.22. The molecule has 0 spiro atoms. The Hall–Kier alpha value is -16.0. The number of aromatic nitrogens is 6. The third-order valence-electron chi connectivity index (χ3n) is 26.7. The first-order valence-corrected chi connectivity index (χ1v) is 45.8. The third-order valence-corrected chi connectivity index (χ3v) is 29.1. The number of fused-ring (bicyclic) bond motifs is 18. The summed E-state index contributed by atoms with van der Waals surface area (Å²) in [5, 5.41) is 9.40. The van der Waals surface area contributed by atoms with Gasteiger partial charge < -0.3 is 8.83 Å². The highest BCUT2D eigenvalue weighted by Gasteiger charge is 2.40. The molecule has 2 aliphatic rings. The molecule has 24 aromatic rings. The SMILES string of the molecule is CC1(C)c2ccccc2-c2c(-c3cc(-c4cccc5c4-c4ccccc4C5(C)C)c4oc5cccc(-c6cccc(-c7nc(-c8ccccc8)nc(-c8ccccc8)n7)c6)c5c4c3)cccc21.c1ccc(-c2nc(-c3ccccc3)nc(-c3cccc(-c4cccc5oc6c(-c7cccc8c7sc7ccccc78)cc(-c7cccc8c7sc7ccccc78)cc6c45)c3)n2)cc1. The second kappa shape index (κ2) is 30.4. The zero-order valence-electron chi connectivity index (χ0n) is 71.4. The molecule has 0 unspecified atom stereocenters. The predicted octanol–water partition coefficient (Wildman–Crippen LogP) is 32.9. The van der Waals surface area contributed by atoms with Crippen molar-refractivity contribution in [2.75, 3.05) is 0 Å². The first-order valence-electron chi connectivity index (χ1n) is 44.2. The maximum Gasteiger partial charge on any atom is 0.164 e. The average molecular weight is 1700 g/mol.